The average Bonchev–Trinajstić information content (AvgIpc) is 2.86. The van der Waals surface area contributed by atoms with Crippen LogP contribution < -0.4 is 10.5 Å². The SMILES string of the molecule is CC(N)Cc1cccc(F)c1OCc1ccn(C(C)C)n1. The van der Waals surface area contributed by atoms with E-state index in [0.29, 0.717) is 12.5 Å². The topological polar surface area (TPSA) is 53.1 Å². The van der Waals surface area contributed by atoms with E-state index in [1.807, 2.05) is 29.9 Å². The average molecular weight is 291 g/mol. The normalized spacial score (nSPS) is 12.7. The summed E-state index contributed by atoms with van der Waals surface area (Å²) in [4.78, 5) is 0. The highest BCUT2D eigenvalue weighted by molar-refractivity contribution is 5.35. The first-order valence-corrected chi connectivity index (χ1v) is 7.17. The van der Waals surface area contributed by atoms with E-state index >= 15 is 0 Å². The molecular weight excluding hydrogens is 269 g/mol. The van der Waals surface area contributed by atoms with Crippen LogP contribution in [0.2, 0.25) is 0 Å². The van der Waals surface area contributed by atoms with E-state index in [9.17, 15) is 4.39 Å². The van der Waals surface area contributed by atoms with E-state index in [2.05, 4.69) is 18.9 Å². The summed E-state index contributed by atoms with van der Waals surface area (Å²) < 4.78 is 21.4. The Balaban J connectivity index is 2.11. The first-order chi connectivity index (χ1) is 9.97. The molecule has 2 rings (SSSR count). The summed E-state index contributed by atoms with van der Waals surface area (Å²) in [5.74, 6) is -0.0923. The molecule has 1 atom stereocenters. The van der Waals surface area contributed by atoms with E-state index in [1.54, 1.807) is 6.07 Å². The Hall–Kier alpha value is -1.88. The maximum atomic E-state index is 13.9. The lowest BCUT2D eigenvalue weighted by molar-refractivity contribution is 0.280. The van der Waals surface area contributed by atoms with Crippen molar-refractivity contribution in [3.8, 4) is 5.75 Å². The molecule has 0 bridgehead atoms. The van der Waals surface area contributed by atoms with E-state index in [1.165, 1.54) is 6.07 Å². The molecule has 0 saturated heterocycles. The minimum absolute atomic E-state index is 0.0469. The number of rotatable bonds is 6. The van der Waals surface area contributed by atoms with Crippen molar-refractivity contribution >= 4 is 0 Å². The van der Waals surface area contributed by atoms with Gasteiger partial charge in [0.15, 0.2) is 11.6 Å². The first kappa shape index (κ1) is 15.5. The third-order valence-corrected chi connectivity index (χ3v) is 3.15. The van der Waals surface area contributed by atoms with Gasteiger partial charge in [0.2, 0.25) is 0 Å². The molecule has 1 unspecified atom stereocenters. The van der Waals surface area contributed by atoms with Crippen molar-refractivity contribution in [1.82, 2.24) is 9.78 Å². The van der Waals surface area contributed by atoms with Crippen molar-refractivity contribution in [3.63, 3.8) is 0 Å². The molecule has 0 aliphatic heterocycles. The number of nitrogens with zero attached hydrogens (tertiary/aromatic N) is 2. The van der Waals surface area contributed by atoms with Crippen LogP contribution in [0, 0.1) is 5.82 Å². The Morgan fingerprint density at radius 1 is 1.29 bits per heavy atom. The van der Waals surface area contributed by atoms with Crippen molar-refractivity contribution < 1.29 is 9.13 Å². The number of hydrogen-bond acceptors (Lipinski definition) is 3. The highest BCUT2D eigenvalue weighted by Crippen LogP contribution is 2.24. The van der Waals surface area contributed by atoms with E-state index < -0.39 is 0 Å². The molecular formula is C16H22FN3O. The lowest BCUT2D eigenvalue weighted by atomic mass is 10.1. The molecule has 0 aliphatic rings. The van der Waals surface area contributed by atoms with Gasteiger partial charge in [-0.2, -0.15) is 5.10 Å². The maximum absolute atomic E-state index is 13.9. The van der Waals surface area contributed by atoms with Gasteiger partial charge in [0.05, 0.1) is 5.69 Å². The number of nitrogens with two attached hydrogens (primary N) is 1. The zero-order chi connectivity index (χ0) is 15.4. The molecule has 0 fully saturated rings. The lowest BCUT2D eigenvalue weighted by Gasteiger charge is -2.13. The third-order valence-electron chi connectivity index (χ3n) is 3.15. The number of halogens is 1. The summed E-state index contributed by atoms with van der Waals surface area (Å²) in [6.45, 7) is 6.23. The maximum Gasteiger partial charge on any atom is 0.165 e. The summed E-state index contributed by atoms with van der Waals surface area (Å²) in [5.41, 5.74) is 7.36. The van der Waals surface area contributed by atoms with Gasteiger partial charge >= 0.3 is 0 Å². The Morgan fingerprint density at radius 3 is 2.67 bits per heavy atom. The third kappa shape index (κ3) is 4.04. The largest absolute Gasteiger partial charge is 0.484 e. The van der Waals surface area contributed by atoms with Crippen molar-refractivity contribution in [2.24, 2.45) is 5.73 Å². The van der Waals surface area contributed by atoms with Crippen LogP contribution in [0.25, 0.3) is 0 Å². The van der Waals surface area contributed by atoms with Gasteiger partial charge in [0.25, 0.3) is 0 Å². The standard InChI is InChI=1S/C16H22FN3O/c1-11(2)20-8-7-14(19-20)10-21-16-13(9-12(3)18)5-4-6-15(16)17/h4-8,11-12H,9-10,18H2,1-3H3. The van der Waals surface area contributed by atoms with E-state index in [4.69, 9.17) is 10.5 Å². The van der Waals surface area contributed by atoms with Crippen molar-refractivity contribution in [1.29, 1.82) is 0 Å². The summed E-state index contributed by atoms with van der Waals surface area (Å²) in [6.07, 6.45) is 2.47. The molecule has 114 valence electrons. The van der Waals surface area contributed by atoms with Crippen molar-refractivity contribution in [2.45, 2.75) is 45.9 Å². The van der Waals surface area contributed by atoms with Crippen molar-refractivity contribution in [2.75, 3.05) is 0 Å². The number of para-hydroxylation sites is 1. The zero-order valence-electron chi connectivity index (χ0n) is 12.7. The molecule has 4 nitrogen and oxygen atoms in total. The molecule has 1 aromatic carbocycles. The van der Waals surface area contributed by atoms with Gasteiger partial charge in [0.1, 0.15) is 6.61 Å². The van der Waals surface area contributed by atoms with Crippen LogP contribution in [0.4, 0.5) is 4.39 Å². The Bertz CT molecular complexity index is 593. The minimum atomic E-state index is -0.364. The second kappa shape index (κ2) is 6.72. The quantitative estimate of drug-likeness (QED) is 0.890. The number of ether oxygens (including phenoxy) is 1. The highest BCUT2D eigenvalue weighted by atomic mass is 19.1. The van der Waals surface area contributed by atoms with Crippen LogP contribution >= 0.6 is 0 Å². The number of benzene rings is 1. The predicted molar refractivity (Wildman–Crippen MR) is 80.7 cm³/mol. The fourth-order valence-electron chi connectivity index (χ4n) is 2.11. The van der Waals surface area contributed by atoms with Crippen LogP contribution in [0.5, 0.6) is 5.75 Å². The molecule has 21 heavy (non-hydrogen) atoms. The highest BCUT2D eigenvalue weighted by Gasteiger charge is 2.12. The Labute approximate surface area is 124 Å². The molecule has 0 spiro atoms. The smallest absolute Gasteiger partial charge is 0.165 e. The van der Waals surface area contributed by atoms with Crippen LogP contribution in [0.1, 0.15) is 38.1 Å². The van der Waals surface area contributed by atoms with Crippen LogP contribution in [-0.2, 0) is 13.0 Å². The number of hydrogen-bond donors (Lipinski definition) is 1. The van der Waals surface area contributed by atoms with Crippen molar-refractivity contribution in [3.05, 3.63) is 47.5 Å². The summed E-state index contributed by atoms with van der Waals surface area (Å²) >= 11 is 0. The van der Waals surface area contributed by atoms with E-state index in [-0.39, 0.29) is 24.2 Å². The summed E-state index contributed by atoms with van der Waals surface area (Å²) in [7, 11) is 0. The second-order valence-corrected chi connectivity index (χ2v) is 5.58. The number of aromatic nitrogens is 2. The van der Waals surface area contributed by atoms with E-state index in [0.717, 1.165) is 11.3 Å². The van der Waals surface area contributed by atoms with Crippen LogP contribution in [0.15, 0.2) is 30.5 Å². The van der Waals surface area contributed by atoms with Gasteiger partial charge in [0, 0.05) is 18.3 Å². The minimum Gasteiger partial charge on any atom is -0.484 e. The lowest BCUT2D eigenvalue weighted by Crippen LogP contribution is -2.18. The molecule has 0 aliphatic carbocycles. The molecule has 0 amide bonds. The van der Waals surface area contributed by atoms with Gasteiger partial charge in [-0.25, -0.2) is 4.39 Å². The molecule has 1 heterocycles. The molecule has 1 aromatic heterocycles. The van der Waals surface area contributed by atoms with Gasteiger partial charge in [-0.05, 0) is 44.9 Å². The molecule has 2 N–H and O–H groups in total. The monoisotopic (exact) mass is 291 g/mol. The predicted octanol–water partition coefficient (Wildman–Crippen LogP) is 3.07. The molecule has 5 heteroatoms. The van der Waals surface area contributed by atoms with Gasteiger partial charge in [-0.3, -0.25) is 4.68 Å². The fourth-order valence-corrected chi connectivity index (χ4v) is 2.11. The first-order valence-electron chi connectivity index (χ1n) is 7.17. The van der Waals surface area contributed by atoms with Gasteiger partial charge in [-0.1, -0.05) is 12.1 Å². The molecule has 2 aromatic rings. The van der Waals surface area contributed by atoms with Crippen LogP contribution in [0.3, 0.4) is 0 Å². The Morgan fingerprint density at radius 2 is 2.05 bits per heavy atom. The second-order valence-electron chi connectivity index (χ2n) is 5.58. The van der Waals surface area contributed by atoms with Gasteiger partial charge < -0.3 is 10.5 Å². The molecule has 0 radical (unpaired) electrons. The zero-order valence-corrected chi connectivity index (χ0v) is 12.7. The molecule has 0 saturated carbocycles. The van der Waals surface area contributed by atoms with Crippen LogP contribution in [-0.4, -0.2) is 15.8 Å². The van der Waals surface area contributed by atoms with Gasteiger partial charge in [-0.15, -0.1) is 0 Å². The summed E-state index contributed by atoms with van der Waals surface area (Å²) in [5, 5.41) is 4.39. The Kier molecular flexibility index (Phi) is 4.96. The fraction of sp³-hybridized carbons (Fsp3) is 0.438. The summed E-state index contributed by atoms with van der Waals surface area (Å²) in [6, 6.07) is 7.04.